The predicted molar refractivity (Wildman–Crippen MR) is 62.7 cm³/mol. The highest BCUT2D eigenvalue weighted by molar-refractivity contribution is 6.32. The van der Waals surface area contributed by atoms with Gasteiger partial charge in [-0.3, -0.25) is 0 Å². The van der Waals surface area contributed by atoms with Gasteiger partial charge in [-0.1, -0.05) is 17.7 Å². The van der Waals surface area contributed by atoms with Crippen molar-refractivity contribution in [2.24, 2.45) is 0 Å². The van der Waals surface area contributed by atoms with Crippen LogP contribution in [0.25, 0.3) is 0 Å². The SMILES string of the molecule is Cc1ccc(OC[C@H]2CCCN2)c(Cl)c1. The Labute approximate surface area is 95.6 Å². The van der Waals surface area contributed by atoms with E-state index >= 15 is 0 Å². The van der Waals surface area contributed by atoms with Gasteiger partial charge in [0.1, 0.15) is 12.4 Å². The molecule has 1 aromatic carbocycles. The van der Waals surface area contributed by atoms with Crippen molar-refractivity contribution >= 4 is 11.6 Å². The fourth-order valence-electron chi connectivity index (χ4n) is 1.81. The molecule has 0 aliphatic carbocycles. The fraction of sp³-hybridized carbons (Fsp3) is 0.500. The van der Waals surface area contributed by atoms with Crippen molar-refractivity contribution in [3.8, 4) is 5.75 Å². The summed E-state index contributed by atoms with van der Waals surface area (Å²) in [5.41, 5.74) is 1.16. The summed E-state index contributed by atoms with van der Waals surface area (Å²) in [4.78, 5) is 0. The number of halogens is 1. The molecule has 0 aromatic heterocycles. The van der Waals surface area contributed by atoms with Crippen LogP contribution in [0.4, 0.5) is 0 Å². The minimum absolute atomic E-state index is 0.488. The van der Waals surface area contributed by atoms with Crippen LogP contribution in [0, 0.1) is 6.92 Å². The molecule has 2 rings (SSSR count). The van der Waals surface area contributed by atoms with E-state index in [1.165, 1.54) is 12.8 Å². The third kappa shape index (κ3) is 2.86. The van der Waals surface area contributed by atoms with Crippen LogP contribution in [-0.4, -0.2) is 19.2 Å². The molecular formula is C12H16ClNO. The molecule has 1 saturated heterocycles. The number of hydrogen-bond donors (Lipinski definition) is 1. The van der Waals surface area contributed by atoms with Gasteiger partial charge in [0.2, 0.25) is 0 Å². The standard InChI is InChI=1S/C12H16ClNO/c1-9-4-5-12(11(13)7-9)15-8-10-3-2-6-14-10/h4-5,7,10,14H,2-3,6,8H2,1H3/t10-/m1/s1. The Morgan fingerprint density at radius 1 is 1.53 bits per heavy atom. The molecule has 0 amide bonds. The van der Waals surface area contributed by atoms with E-state index in [1.54, 1.807) is 0 Å². The topological polar surface area (TPSA) is 21.3 Å². The second-order valence-corrected chi connectivity index (χ2v) is 4.45. The van der Waals surface area contributed by atoms with Crippen LogP contribution in [-0.2, 0) is 0 Å². The fourth-order valence-corrected chi connectivity index (χ4v) is 2.10. The number of nitrogens with one attached hydrogen (secondary N) is 1. The van der Waals surface area contributed by atoms with Crippen molar-refractivity contribution in [3.63, 3.8) is 0 Å². The Morgan fingerprint density at radius 2 is 2.40 bits per heavy atom. The first kappa shape index (κ1) is 10.8. The van der Waals surface area contributed by atoms with Gasteiger partial charge in [0.15, 0.2) is 0 Å². The summed E-state index contributed by atoms with van der Waals surface area (Å²) < 4.78 is 5.68. The number of ether oxygens (including phenoxy) is 1. The maximum absolute atomic E-state index is 6.07. The summed E-state index contributed by atoms with van der Waals surface area (Å²) in [6.07, 6.45) is 2.44. The molecule has 1 heterocycles. The smallest absolute Gasteiger partial charge is 0.137 e. The van der Waals surface area contributed by atoms with Crippen LogP contribution in [0.1, 0.15) is 18.4 Å². The average molecular weight is 226 g/mol. The lowest BCUT2D eigenvalue weighted by atomic mass is 10.2. The minimum atomic E-state index is 0.488. The van der Waals surface area contributed by atoms with E-state index in [9.17, 15) is 0 Å². The Kier molecular flexibility index (Phi) is 3.49. The highest BCUT2D eigenvalue weighted by Gasteiger charge is 2.14. The lowest BCUT2D eigenvalue weighted by molar-refractivity contribution is 0.277. The lowest BCUT2D eigenvalue weighted by Gasteiger charge is -2.13. The van der Waals surface area contributed by atoms with E-state index < -0.39 is 0 Å². The molecule has 1 atom stereocenters. The molecule has 0 radical (unpaired) electrons. The summed E-state index contributed by atoms with van der Waals surface area (Å²) >= 11 is 6.07. The summed E-state index contributed by atoms with van der Waals surface area (Å²) in [5, 5.41) is 4.09. The van der Waals surface area contributed by atoms with Crippen LogP contribution in [0.15, 0.2) is 18.2 Å². The molecule has 1 N–H and O–H groups in total. The zero-order chi connectivity index (χ0) is 10.7. The number of hydrogen-bond acceptors (Lipinski definition) is 2. The molecule has 0 spiro atoms. The van der Waals surface area contributed by atoms with Gasteiger partial charge in [-0.05, 0) is 44.0 Å². The summed E-state index contributed by atoms with van der Waals surface area (Å²) in [7, 11) is 0. The van der Waals surface area contributed by atoms with Crippen molar-refractivity contribution in [1.82, 2.24) is 5.32 Å². The molecule has 1 aliphatic heterocycles. The number of benzene rings is 1. The number of rotatable bonds is 3. The molecular weight excluding hydrogens is 210 g/mol. The Bertz CT molecular complexity index is 334. The van der Waals surface area contributed by atoms with Crippen molar-refractivity contribution in [2.75, 3.05) is 13.2 Å². The van der Waals surface area contributed by atoms with Gasteiger partial charge in [0, 0.05) is 6.04 Å². The Hall–Kier alpha value is -0.730. The largest absolute Gasteiger partial charge is 0.490 e. The maximum Gasteiger partial charge on any atom is 0.137 e. The molecule has 0 bridgehead atoms. The zero-order valence-corrected chi connectivity index (χ0v) is 9.68. The van der Waals surface area contributed by atoms with E-state index in [1.807, 2.05) is 25.1 Å². The molecule has 0 saturated carbocycles. The molecule has 82 valence electrons. The second-order valence-electron chi connectivity index (χ2n) is 4.04. The van der Waals surface area contributed by atoms with Gasteiger partial charge in [-0.25, -0.2) is 0 Å². The van der Waals surface area contributed by atoms with E-state index in [4.69, 9.17) is 16.3 Å². The molecule has 1 fully saturated rings. The maximum atomic E-state index is 6.07. The molecule has 2 nitrogen and oxygen atoms in total. The minimum Gasteiger partial charge on any atom is -0.490 e. The molecule has 3 heteroatoms. The van der Waals surface area contributed by atoms with Crippen molar-refractivity contribution < 1.29 is 4.74 Å². The first-order valence-corrected chi connectivity index (χ1v) is 5.76. The average Bonchev–Trinajstić information content (AvgIpc) is 2.69. The molecule has 15 heavy (non-hydrogen) atoms. The van der Waals surface area contributed by atoms with E-state index in [0.717, 1.165) is 17.9 Å². The third-order valence-electron chi connectivity index (χ3n) is 2.69. The molecule has 1 aliphatic rings. The van der Waals surface area contributed by atoms with E-state index in [-0.39, 0.29) is 0 Å². The first-order valence-electron chi connectivity index (χ1n) is 5.38. The van der Waals surface area contributed by atoms with Crippen LogP contribution < -0.4 is 10.1 Å². The van der Waals surface area contributed by atoms with Crippen LogP contribution in [0.3, 0.4) is 0 Å². The monoisotopic (exact) mass is 225 g/mol. The van der Waals surface area contributed by atoms with Crippen molar-refractivity contribution in [3.05, 3.63) is 28.8 Å². The van der Waals surface area contributed by atoms with Gasteiger partial charge in [-0.15, -0.1) is 0 Å². The van der Waals surface area contributed by atoms with Gasteiger partial charge in [0.25, 0.3) is 0 Å². The van der Waals surface area contributed by atoms with E-state index in [0.29, 0.717) is 17.7 Å². The quantitative estimate of drug-likeness (QED) is 0.854. The third-order valence-corrected chi connectivity index (χ3v) is 2.99. The van der Waals surface area contributed by atoms with Crippen molar-refractivity contribution in [2.45, 2.75) is 25.8 Å². The Balaban J connectivity index is 1.92. The first-order chi connectivity index (χ1) is 7.25. The number of aryl methyl sites for hydroxylation is 1. The highest BCUT2D eigenvalue weighted by Crippen LogP contribution is 2.25. The zero-order valence-electron chi connectivity index (χ0n) is 8.92. The normalized spacial score (nSPS) is 20.5. The van der Waals surface area contributed by atoms with E-state index in [2.05, 4.69) is 5.32 Å². The van der Waals surface area contributed by atoms with Gasteiger partial charge in [0.05, 0.1) is 5.02 Å². The predicted octanol–water partition coefficient (Wildman–Crippen LogP) is 2.78. The highest BCUT2D eigenvalue weighted by atomic mass is 35.5. The summed E-state index contributed by atoms with van der Waals surface area (Å²) in [6.45, 7) is 3.84. The van der Waals surface area contributed by atoms with Crippen LogP contribution in [0.2, 0.25) is 5.02 Å². The van der Waals surface area contributed by atoms with Crippen molar-refractivity contribution in [1.29, 1.82) is 0 Å². The van der Waals surface area contributed by atoms with Gasteiger partial charge < -0.3 is 10.1 Å². The van der Waals surface area contributed by atoms with Crippen LogP contribution in [0.5, 0.6) is 5.75 Å². The van der Waals surface area contributed by atoms with Gasteiger partial charge >= 0.3 is 0 Å². The lowest BCUT2D eigenvalue weighted by Crippen LogP contribution is -2.28. The summed E-state index contributed by atoms with van der Waals surface area (Å²) in [5.74, 6) is 0.788. The second kappa shape index (κ2) is 4.86. The Morgan fingerprint density at radius 3 is 3.07 bits per heavy atom. The summed E-state index contributed by atoms with van der Waals surface area (Å²) in [6, 6.07) is 6.37. The molecule has 1 aromatic rings. The molecule has 0 unspecified atom stereocenters. The van der Waals surface area contributed by atoms with Crippen LogP contribution >= 0.6 is 11.6 Å². The van der Waals surface area contributed by atoms with Gasteiger partial charge in [-0.2, -0.15) is 0 Å².